The molecule has 4 N–H and O–H groups in total. The Morgan fingerprint density at radius 1 is 1.53 bits per heavy atom. The molecule has 88 valence electrons. The van der Waals surface area contributed by atoms with Crippen molar-refractivity contribution in [1.82, 2.24) is 10.2 Å². The molecule has 0 amide bonds. The fourth-order valence-corrected chi connectivity index (χ4v) is 1.68. The molecule has 0 aliphatic heterocycles. The van der Waals surface area contributed by atoms with E-state index < -0.39 is 0 Å². The third-order valence-corrected chi connectivity index (χ3v) is 2.46. The number of nitrogens with one attached hydrogen (secondary N) is 2. The zero-order valence-electron chi connectivity index (χ0n) is 9.12. The van der Waals surface area contributed by atoms with Crippen LogP contribution in [0.3, 0.4) is 0 Å². The van der Waals surface area contributed by atoms with E-state index in [0.717, 1.165) is 5.69 Å². The van der Waals surface area contributed by atoms with Gasteiger partial charge in [0.1, 0.15) is 11.6 Å². The van der Waals surface area contributed by atoms with Gasteiger partial charge in [0.2, 0.25) is 5.88 Å². The second-order valence-electron chi connectivity index (χ2n) is 3.52. The zero-order chi connectivity index (χ0) is 12.4. The van der Waals surface area contributed by atoms with Crippen LogP contribution in [0.4, 0.5) is 0 Å². The zero-order valence-corrected chi connectivity index (χ0v) is 9.88. The molecule has 1 aromatic carbocycles. The Labute approximate surface area is 103 Å². The highest BCUT2D eigenvalue weighted by Gasteiger charge is 2.12. The molecular weight excluding hydrogens is 240 g/mol. The molecule has 0 aliphatic rings. The van der Waals surface area contributed by atoms with Crippen LogP contribution in [0, 0.1) is 12.3 Å². The van der Waals surface area contributed by atoms with Crippen molar-refractivity contribution in [2.45, 2.75) is 6.92 Å². The lowest BCUT2D eigenvalue weighted by Crippen LogP contribution is -2.13. The minimum atomic E-state index is -0.141. The molecule has 0 saturated carbocycles. The minimum Gasteiger partial charge on any atom is -0.437 e. The standard InChI is InChI=1S/C11H11ClN4O/c1-6-5-9(16-15-6)17-8-4-2-3-7(12)10(8)11(13)14/h2-5H,1H3,(H3,13,14)(H,15,16). The van der Waals surface area contributed by atoms with Crippen molar-refractivity contribution in [3.63, 3.8) is 0 Å². The van der Waals surface area contributed by atoms with Gasteiger partial charge in [0.15, 0.2) is 0 Å². The third kappa shape index (κ3) is 2.39. The number of rotatable bonds is 3. The van der Waals surface area contributed by atoms with E-state index in [9.17, 15) is 0 Å². The summed E-state index contributed by atoms with van der Waals surface area (Å²) in [6.07, 6.45) is 0. The van der Waals surface area contributed by atoms with E-state index in [1.807, 2.05) is 6.92 Å². The van der Waals surface area contributed by atoms with Gasteiger partial charge in [-0.2, -0.15) is 0 Å². The summed E-state index contributed by atoms with van der Waals surface area (Å²) in [5.74, 6) is 0.682. The molecular formula is C11H11ClN4O. The van der Waals surface area contributed by atoms with Gasteiger partial charge in [-0.05, 0) is 19.1 Å². The maximum atomic E-state index is 7.47. The number of hydrogen-bond acceptors (Lipinski definition) is 3. The average Bonchev–Trinajstić information content (AvgIpc) is 2.63. The molecule has 0 saturated heterocycles. The lowest BCUT2D eigenvalue weighted by atomic mass is 10.2. The smallest absolute Gasteiger partial charge is 0.238 e. The maximum Gasteiger partial charge on any atom is 0.238 e. The Hall–Kier alpha value is -2.01. The van der Waals surface area contributed by atoms with Crippen molar-refractivity contribution in [2.75, 3.05) is 0 Å². The summed E-state index contributed by atoms with van der Waals surface area (Å²) < 4.78 is 5.52. The summed E-state index contributed by atoms with van der Waals surface area (Å²) in [5.41, 5.74) is 6.72. The lowest BCUT2D eigenvalue weighted by Gasteiger charge is -2.09. The molecule has 2 rings (SSSR count). The molecule has 0 fully saturated rings. The Morgan fingerprint density at radius 2 is 2.29 bits per heavy atom. The van der Waals surface area contributed by atoms with E-state index in [1.54, 1.807) is 24.3 Å². The summed E-state index contributed by atoms with van der Waals surface area (Å²) in [6, 6.07) is 6.81. The molecule has 0 atom stereocenters. The summed E-state index contributed by atoms with van der Waals surface area (Å²) in [4.78, 5) is 0. The number of nitrogens with two attached hydrogens (primary N) is 1. The van der Waals surface area contributed by atoms with Crippen LogP contribution in [0.15, 0.2) is 24.3 Å². The first-order chi connectivity index (χ1) is 8.08. The van der Waals surface area contributed by atoms with E-state index >= 15 is 0 Å². The third-order valence-electron chi connectivity index (χ3n) is 2.14. The Morgan fingerprint density at radius 3 is 2.88 bits per heavy atom. The predicted octanol–water partition coefficient (Wildman–Crippen LogP) is 2.45. The van der Waals surface area contributed by atoms with E-state index in [4.69, 9.17) is 27.5 Å². The number of benzene rings is 1. The number of aromatic amines is 1. The molecule has 0 radical (unpaired) electrons. The molecule has 17 heavy (non-hydrogen) atoms. The van der Waals surface area contributed by atoms with E-state index in [0.29, 0.717) is 22.2 Å². The second-order valence-corrected chi connectivity index (χ2v) is 3.93. The number of H-pyrrole nitrogens is 1. The lowest BCUT2D eigenvalue weighted by molar-refractivity contribution is 0.460. The molecule has 0 spiro atoms. The number of ether oxygens (including phenoxy) is 1. The van der Waals surface area contributed by atoms with E-state index in [2.05, 4.69) is 10.2 Å². The molecule has 0 bridgehead atoms. The minimum absolute atomic E-state index is 0.141. The first kappa shape index (κ1) is 11.5. The van der Waals surface area contributed by atoms with Crippen molar-refractivity contribution < 1.29 is 4.74 Å². The molecule has 1 aromatic heterocycles. The van der Waals surface area contributed by atoms with Crippen molar-refractivity contribution in [2.24, 2.45) is 5.73 Å². The van der Waals surface area contributed by atoms with Crippen LogP contribution in [-0.2, 0) is 0 Å². The van der Waals surface area contributed by atoms with E-state index in [1.165, 1.54) is 0 Å². The number of halogens is 1. The first-order valence-corrected chi connectivity index (χ1v) is 5.28. The summed E-state index contributed by atoms with van der Waals surface area (Å²) >= 11 is 5.97. The van der Waals surface area contributed by atoms with Gasteiger partial charge < -0.3 is 10.5 Å². The second kappa shape index (κ2) is 4.47. The van der Waals surface area contributed by atoms with Gasteiger partial charge in [-0.3, -0.25) is 10.5 Å². The normalized spacial score (nSPS) is 10.2. The van der Waals surface area contributed by atoms with Gasteiger partial charge in [-0.25, -0.2) is 0 Å². The summed E-state index contributed by atoms with van der Waals surface area (Å²) in [7, 11) is 0. The molecule has 1 heterocycles. The van der Waals surface area contributed by atoms with Crippen LogP contribution in [0.1, 0.15) is 11.3 Å². The number of nitrogens with zero attached hydrogens (tertiary/aromatic N) is 1. The number of aryl methyl sites for hydroxylation is 1. The Bertz CT molecular complexity index is 564. The van der Waals surface area contributed by atoms with Crippen LogP contribution in [-0.4, -0.2) is 16.0 Å². The maximum absolute atomic E-state index is 7.47. The fourth-order valence-electron chi connectivity index (χ4n) is 1.41. The van der Waals surface area contributed by atoms with Crippen LogP contribution in [0.25, 0.3) is 0 Å². The van der Waals surface area contributed by atoms with Gasteiger partial charge in [-0.1, -0.05) is 17.7 Å². The number of hydrogen-bond donors (Lipinski definition) is 3. The monoisotopic (exact) mass is 250 g/mol. The van der Waals surface area contributed by atoms with Crippen LogP contribution in [0.5, 0.6) is 11.6 Å². The predicted molar refractivity (Wildman–Crippen MR) is 65.9 cm³/mol. The van der Waals surface area contributed by atoms with Crippen molar-refractivity contribution in [3.8, 4) is 11.6 Å². The Kier molecular flexibility index (Phi) is 3.01. The van der Waals surface area contributed by atoms with Gasteiger partial charge in [0, 0.05) is 11.8 Å². The van der Waals surface area contributed by atoms with Gasteiger partial charge in [0.25, 0.3) is 0 Å². The van der Waals surface area contributed by atoms with E-state index in [-0.39, 0.29) is 5.84 Å². The summed E-state index contributed by atoms with van der Waals surface area (Å²) in [5, 5.41) is 14.5. The molecule has 0 aliphatic carbocycles. The largest absolute Gasteiger partial charge is 0.437 e. The molecule has 6 heteroatoms. The molecule has 2 aromatic rings. The van der Waals surface area contributed by atoms with Crippen molar-refractivity contribution >= 4 is 17.4 Å². The fraction of sp³-hybridized carbons (Fsp3) is 0.0909. The highest BCUT2D eigenvalue weighted by molar-refractivity contribution is 6.34. The highest BCUT2D eigenvalue weighted by Crippen LogP contribution is 2.29. The van der Waals surface area contributed by atoms with Crippen LogP contribution in [0.2, 0.25) is 5.02 Å². The van der Waals surface area contributed by atoms with Crippen molar-refractivity contribution in [3.05, 3.63) is 40.5 Å². The SMILES string of the molecule is Cc1cc(Oc2cccc(Cl)c2C(=N)N)n[nH]1. The quantitative estimate of drug-likeness (QED) is 0.577. The molecule has 5 nitrogen and oxygen atoms in total. The van der Waals surface area contributed by atoms with Gasteiger partial charge in [0.05, 0.1) is 10.6 Å². The first-order valence-electron chi connectivity index (χ1n) is 4.90. The van der Waals surface area contributed by atoms with Crippen molar-refractivity contribution in [1.29, 1.82) is 5.41 Å². The number of amidine groups is 1. The number of nitrogen functional groups attached to an aromatic ring is 1. The van der Waals surface area contributed by atoms with Crippen LogP contribution >= 0.6 is 11.6 Å². The highest BCUT2D eigenvalue weighted by atomic mass is 35.5. The average molecular weight is 251 g/mol. The topological polar surface area (TPSA) is 87.8 Å². The van der Waals surface area contributed by atoms with Gasteiger partial charge >= 0.3 is 0 Å². The summed E-state index contributed by atoms with van der Waals surface area (Å²) in [6.45, 7) is 1.86. The molecule has 0 unspecified atom stereocenters. The van der Waals surface area contributed by atoms with Gasteiger partial charge in [-0.15, -0.1) is 5.10 Å². The number of aromatic nitrogens is 2. The van der Waals surface area contributed by atoms with Crippen LogP contribution < -0.4 is 10.5 Å². The Balaban J connectivity index is 2.39.